The highest BCUT2D eigenvalue weighted by Crippen LogP contribution is 2.39. The predicted octanol–water partition coefficient (Wildman–Crippen LogP) is 3.33. The van der Waals surface area contributed by atoms with Crippen LogP contribution in [0.15, 0.2) is 18.2 Å². The van der Waals surface area contributed by atoms with Crippen molar-refractivity contribution in [2.45, 2.75) is 45.0 Å². The van der Waals surface area contributed by atoms with Crippen molar-refractivity contribution in [2.75, 3.05) is 13.2 Å². The van der Waals surface area contributed by atoms with Gasteiger partial charge in [0.05, 0.1) is 6.61 Å². The average molecular weight is 409 g/mol. The normalized spacial score (nSPS) is 17.6. The van der Waals surface area contributed by atoms with E-state index >= 15 is 0 Å². The van der Waals surface area contributed by atoms with E-state index in [1.54, 1.807) is 20.8 Å². The van der Waals surface area contributed by atoms with Crippen molar-refractivity contribution >= 4 is 16.0 Å². The lowest BCUT2D eigenvalue weighted by Gasteiger charge is -2.27. The number of halogens is 3. The maximum atomic E-state index is 12.5. The lowest BCUT2D eigenvalue weighted by molar-refractivity contribution is -0.128. The summed E-state index contributed by atoms with van der Waals surface area (Å²) in [6.45, 7) is 6.17. The molecule has 1 atom stereocenters. The van der Waals surface area contributed by atoms with Crippen LogP contribution in [0, 0.1) is 5.41 Å². The Labute approximate surface area is 156 Å². The Balaban J connectivity index is 2.12. The van der Waals surface area contributed by atoms with Gasteiger partial charge in [-0.05, 0) is 37.0 Å². The highest BCUT2D eigenvalue weighted by atomic mass is 32.2. The molecule has 1 aromatic rings. The van der Waals surface area contributed by atoms with Gasteiger partial charge in [0.2, 0.25) is 5.91 Å². The van der Waals surface area contributed by atoms with Crippen molar-refractivity contribution in [3.63, 3.8) is 0 Å². The molecule has 1 N–H and O–H groups in total. The van der Waals surface area contributed by atoms with E-state index in [1.165, 1.54) is 12.1 Å². The Hall–Kier alpha value is -1.97. The van der Waals surface area contributed by atoms with E-state index < -0.39 is 26.8 Å². The lowest BCUT2D eigenvalue weighted by atomic mass is 9.89. The molecule has 0 radical (unpaired) electrons. The molecule has 1 heterocycles. The Bertz CT molecular complexity index is 800. The largest absolute Gasteiger partial charge is 0.534 e. The molecule has 1 aliphatic heterocycles. The lowest BCUT2D eigenvalue weighted by Crippen LogP contribution is -2.36. The van der Waals surface area contributed by atoms with E-state index in [-0.39, 0.29) is 11.8 Å². The second kappa shape index (κ2) is 7.57. The maximum absolute atomic E-state index is 12.5. The third-order valence-electron chi connectivity index (χ3n) is 4.09. The summed E-state index contributed by atoms with van der Waals surface area (Å²) in [5, 5.41) is 2.82. The van der Waals surface area contributed by atoms with Crippen LogP contribution in [-0.2, 0) is 14.9 Å². The Morgan fingerprint density at radius 2 is 1.96 bits per heavy atom. The first-order chi connectivity index (χ1) is 12.3. The number of carbonyl (C=O) groups is 1. The molecule has 6 nitrogen and oxygen atoms in total. The second-order valence-electron chi connectivity index (χ2n) is 7.31. The maximum Gasteiger partial charge on any atom is 0.534 e. The summed E-state index contributed by atoms with van der Waals surface area (Å²) < 4.78 is 69.5. The molecule has 1 aliphatic rings. The van der Waals surface area contributed by atoms with E-state index in [4.69, 9.17) is 4.74 Å². The quantitative estimate of drug-likeness (QED) is 0.596. The van der Waals surface area contributed by atoms with E-state index in [0.29, 0.717) is 37.3 Å². The van der Waals surface area contributed by atoms with Crippen molar-refractivity contribution in [1.29, 1.82) is 0 Å². The monoisotopic (exact) mass is 409 g/mol. The van der Waals surface area contributed by atoms with E-state index in [0.717, 1.165) is 6.07 Å². The van der Waals surface area contributed by atoms with Gasteiger partial charge in [0, 0.05) is 17.5 Å². The van der Waals surface area contributed by atoms with Gasteiger partial charge in [-0.3, -0.25) is 4.79 Å². The number of amides is 1. The molecule has 10 heteroatoms. The number of alkyl halides is 3. The topological polar surface area (TPSA) is 81.7 Å². The third-order valence-corrected chi connectivity index (χ3v) is 5.07. The molecule has 0 bridgehead atoms. The summed E-state index contributed by atoms with van der Waals surface area (Å²) in [6, 6.07) is 3.75. The predicted molar refractivity (Wildman–Crippen MR) is 92.0 cm³/mol. The van der Waals surface area contributed by atoms with Crippen LogP contribution in [0.1, 0.15) is 45.1 Å². The summed E-state index contributed by atoms with van der Waals surface area (Å²) in [5.41, 5.74) is -5.47. The fraction of sp³-hybridized carbons (Fsp3) is 0.588. The smallest absolute Gasteiger partial charge is 0.493 e. The zero-order valence-electron chi connectivity index (χ0n) is 15.2. The SMILES string of the molecule is CC(C)(C)C(=O)NCCC1CCOc2ccc(OS(=O)(=O)C(F)(F)F)cc21. The van der Waals surface area contributed by atoms with Gasteiger partial charge in [0.1, 0.15) is 11.5 Å². The number of ether oxygens (including phenoxy) is 1. The van der Waals surface area contributed by atoms with Gasteiger partial charge in [-0.15, -0.1) is 0 Å². The van der Waals surface area contributed by atoms with E-state index in [9.17, 15) is 26.4 Å². The number of nitrogens with one attached hydrogen (secondary N) is 1. The van der Waals surface area contributed by atoms with Crippen LogP contribution in [0.3, 0.4) is 0 Å². The number of carbonyl (C=O) groups excluding carboxylic acids is 1. The molecule has 0 spiro atoms. The Kier molecular flexibility index (Phi) is 5.98. The molecule has 1 aromatic carbocycles. The van der Waals surface area contributed by atoms with Crippen molar-refractivity contribution in [3.05, 3.63) is 23.8 Å². The minimum Gasteiger partial charge on any atom is -0.493 e. The van der Waals surface area contributed by atoms with Gasteiger partial charge in [0.25, 0.3) is 0 Å². The van der Waals surface area contributed by atoms with Gasteiger partial charge in [0.15, 0.2) is 0 Å². The van der Waals surface area contributed by atoms with Crippen molar-refractivity contribution < 1.29 is 35.3 Å². The molecule has 1 amide bonds. The summed E-state index contributed by atoms with van der Waals surface area (Å²) in [4.78, 5) is 11.9. The zero-order valence-corrected chi connectivity index (χ0v) is 16.0. The van der Waals surface area contributed by atoms with Gasteiger partial charge >= 0.3 is 15.6 Å². The van der Waals surface area contributed by atoms with Crippen LogP contribution in [0.2, 0.25) is 0 Å². The summed E-state index contributed by atoms with van der Waals surface area (Å²) in [7, 11) is -5.74. The first kappa shape index (κ1) is 21.3. The number of fused-ring (bicyclic) bond motifs is 1. The first-order valence-electron chi connectivity index (χ1n) is 8.37. The highest BCUT2D eigenvalue weighted by Gasteiger charge is 2.48. The van der Waals surface area contributed by atoms with Crippen molar-refractivity contribution in [1.82, 2.24) is 5.32 Å². The van der Waals surface area contributed by atoms with Crippen molar-refractivity contribution in [3.8, 4) is 11.5 Å². The van der Waals surface area contributed by atoms with E-state index in [2.05, 4.69) is 9.50 Å². The molecule has 0 aliphatic carbocycles. The molecule has 1 unspecified atom stereocenters. The molecule has 0 aromatic heterocycles. The summed E-state index contributed by atoms with van der Waals surface area (Å²) >= 11 is 0. The number of hydrogen-bond acceptors (Lipinski definition) is 5. The van der Waals surface area contributed by atoms with Crippen LogP contribution in [0.25, 0.3) is 0 Å². The van der Waals surface area contributed by atoms with Gasteiger partial charge in [-0.25, -0.2) is 0 Å². The van der Waals surface area contributed by atoms with E-state index in [1.807, 2.05) is 0 Å². The van der Waals surface area contributed by atoms with Gasteiger partial charge in [-0.1, -0.05) is 20.8 Å². The molecular weight excluding hydrogens is 387 g/mol. The average Bonchev–Trinajstić information content (AvgIpc) is 2.52. The molecule has 0 saturated carbocycles. The summed E-state index contributed by atoms with van der Waals surface area (Å²) in [6.07, 6.45) is 1.13. The minimum atomic E-state index is -5.74. The van der Waals surface area contributed by atoms with Crippen LogP contribution in [0.4, 0.5) is 13.2 Å². The van der Waals surface area contributed by atoms with Gasteiger partial charge in [-0.2, -0.15) is 21.6 Å². The van der Waals surface area contributed by atoms with Crippen molar-refractivity contribution in [2.24, 2.45) is 5.41 Å². The van der Waals surface area contributed by atoms with Crippen LogP contribution < -0.4 is 14.2 Å². The van der Waals surface area contributed by atoms with Crippen LogP contribution >= 0.6 is 0 Å². The first-order valence-corrected chi connectivity index (χ1v) is 9.78. The van der Waals surface area contributed by atoms with Crippen LogP contribution in [-0.4, -0.2) is 33.0 Å². The fourth-order valence-electron chi connectivity index (χ4n) is 2.59. The molecule has 152 valence electrons. The molecular formula is C17H22F3NO5S. The number of rotatable bonds is 5. The number of hydrogen-bond donors (Lipinski definition) is 1. The molecule has 2 rings (SSSR count). The summed E-state index contributed by atoms with van der Waals surface area (Å²) in [5.74, 6) is -0.181. The second-order valence-corrected chi connectivity index (χ2v) is 8.85. The zero-order chi connectivity index (χ0) is 20.5. The Morgan fingerprint density at radius 3 is 2.56 bits per heavy atom. The fourth-order valence-corrected chi connectivity index (χ4v) is 3.05. The molecule has 0 fully saturated rings. The molecule has 27 heavy (non-hydrogen) atoms. The number of benzene rings is 1. The molecule has 0 saturated heterocycles. The third kappa shape index (κ3) is 5.27. The standard InChI is InChI=1S/C17H22F3NO5S/c1-16(2,3)15(22)21-8-6-11-7-9-25-14-5-4-12(10-13(11)14)26-27(23,24)17(18,19)20/h4-5,10-11H,6-9H2,1-3H3,(H,21,22). The highest BCUT2D eigenvalue weighted by molar-refractivity contribution is 7.88. The minimum absolute atomic E-state index is 0.105. The van der Waals surface area contributed by atoms with Crippen LogP contribution in [0.5, 0.6) is 11.5 Å². The van der Waals surface area contributed by atoms with Gasteiger partial charge < -0.3 is 14.2 Å². The Morgan fingerprint density at radius 1 is 1.30 bits per heavy atom.